The molecule has 4 nitrogen and oxygen atoms in total. The van der Waals surface area contributed by atoms with Crippen molar-refractivity contribution in [2.75, 3.05) is 33.8 Å². The summed E-state index contributed by atoms with van der Waals surface area (Å²) in [7, 11) is 3.55. The molecule has 0 aliphatic carbocycles. The molecule has 1 aromatic carbocycles. The molecule has 18 heavy (non-hydrogen) atoms. The number of hydrogen-bond donors (Lipinski definition) is 1. The fraction of sp³-hybridized carbons (Fsp3) is 0.462. The van der Waals surface area contributed by atoms with Crippen LogP contribution in [0.2, 0.25) is 5.02 Å². The van der Waals surface area contributed by atoms with Gasteiger partial charge in [-0.25, -0.2) is 0 Å². The van der Waals surface area contributed by atoms with Gasteiger partial charge in [0, 0.05) is 18.6 Å². The van der Waals surface area contributed by atoms with Crippen LogP contribution in [-0.4, -0.2) is 44.6 Å². The van der Waals surface area contributed by atoms with Gasteiger partial charge in [0.25, 0.3) is 0 Å². The molecule has 5 heteroatoms. The Hall–Kier alpha value is -1.26. The van der Waals surface area contributed by atoms with Crippen LogP contribution in [0.4, 0.5) is 0 Å². The van der Waals surface area contributed by atoms with Gasteiger partial charge in [-0.2, -0.15) is 0 Å². The molecule has 0 aliphatic rings. The largest absolute Gasteiger partial charge is 0.494 e. The lowest BCUT2D eigenvalue weighted by atomic mass is 10.3. The highest BCUT2D eigenvalue weighted by atomic mass is 35.5. The molecule has 0 atom stereocenters. The predicted molar refractivity (Wildman–Crippen MR) is 73.1 cm³/mol. The summed E-state index contributed by atoms with van der Waals surface area (Å²) >= 11 is 5.77. The van der Waals surface area contributed by atoms with E-state index >= 15 is 0 Å². The predicted octanol–water partition coefficient (Wildman–Crippen LogP) is 1.79. The van der Waals surface area contributed by atoms with Crippen molar-refractivity contribution in [3.8, 4) is 5.75 Å². The first-order valence-electron chi connectivity index (χ1n) is 5.90. The Balaban J connectivity index is 2.18. The Kier molecular flexibility index (Phi) is 6.54. The standard InChI is InChI=1S/C13H19ClN2O2/c1-15-10-13(17)16(2)8-3-9-18-12-6-4-11(14)5-7-12/h4-7,15H,3,8-10H2,1-2H3. The van der Waals surface area contributed by atoms with E-state index < -0.39 is 0 Å². The normalized spacial score (nSPS) is 10.2. The number of rotatable bonds is 7. The lowest BCUT2D eigenvalue weighted by Gasteiger charge is -2.16. The second-order valence-electron chi connectivity index (χ2n) is 4.00. The third kappa shape index (κ3) is 5.38. The average Bonchev–Trinajstić information content (AvgIpc) is 2.36. The van der Waals surface area contributed by atoms with Crippen LogP contribution in [0, 0.1) is 0 Å². The number of nitrogens with zero attached hydrogens (tertiary/aromatic N) is 1. The van der Waals surface area contributed by atoms with Crippen LogP contribution < -0.4 is 10.1 Å². The van der Waals surface area contributed by atoms with E-state index in [9.17, 15) is 4.79 Å². The van der Waals surface area contributed by atoms with Crippen molar-refractivity contribution in [2.45, 2.75) is 6.42 Å². The second kappa shape index (κ2) is 7.95. The van der Waals surface area contributed by atoms with Crippen LogP contribution in [0.1, 0.15) is 6.42 Å². The molecule has 0 saturated heterocycles. The van der Waals surface area contributed by atoms with Gasteiger partial charge in [0.2, 0.25) is 5.91 Å². The van der Waals surface area contributed by atoms with Gasteiger partial charge in [0.1, 0.15) is 5.75 Å². The van der Waals surface area contributed by atoms with Crippen molar-refractivity contribution in [3.63, 3.8) is 0 Å². The minimum Gasteiger partial charge on any atom is -0.494 e. The summed E-state index contributed by atoms with van der Waals surface area (Å²) in [5, 5.41) is 3.53. The highest BCUT2D eigenvalue weighted by molar-refractivity contribution is 6.30. The summed E-state index contributed by atoms with van der Waals surface area (Å²) < 4.78 is 5.54. The van der Waals surface area contributed by atoms with E-state index in [0.717, 1.165) is 12.2 Å². The van der Waals surface area contributed by atoms with Crippen molar-refractivity contribution in [1.82, 2.24) is 10.2 Å². The molecule has 0 fully saturated rings. The Morgan fingerprint density at radius 2 is 2.06 bits per heavy atom. The molecule has 1 aromatic rings. The van der Waals surface area contributed by atoms with Crippen molar-refractivity contribution < 1.29 is 9.53 Å². The quantitative estimate of drug-likeness (QED) is 0.768. The molecular formula is C13H19ClN2O2. The van der Waals surface area contributed by atoms with Crippen LogP contribution in [0.5, 0.6) is 5.75 Å². The van der Waals surface area contributed by atoms with Gasteiger partial charge in [-0.3, -0.25) is 4.79 Å². The van der Waals surface area contributed by atoms with Crippen molar-refractivity contribution in [2.24, 2.45) is 0 Å². The maximum Gasteiger partial charge on any atom is 0.236 e. The fourth-order valence-electron chi connectivity index (χ4n) is 1.43. The zero-order chi connectivity index (χ0) is 13.4. The molecule has 0 unspecified atom stereocenters. The van der Waals surface area contributed by atoms with E-state index in [2.05, 4.69) is 5.32 Å². The molecule has 0 saturated carbocycles. The third-order valence-corrected chi connectivity index (χ3v) is 2.73. The lowest BCUT2D eigenvalue weighted by Crippen LogP contribution is -2.35. The Morgan fingerprint density at radius 3 is 2.67 bits per heavy atom. The molecule has 100 valence electrons. The molecule has 1 amide bonds. The zero-order valence-corrected chi connectivity index (χ0v) is 11.5. The van der Waals surface area contributed by atoms with E-state index in [1.165, 1.54) is 0 Å². The van der Waals surface area contributed by atoms with E-state index in [0.29, 0.717) is 24.7 Å². The highest BCUT2D eigenvalue weighted by Gasteiger charge is 2.06. The van der Waals surface area contributed by atoms with E-state index in [-0.39, 0.29) is 5.91 Å². The van der Waals surface area contributed by atoms with Crippen LogP contribution in [-0.2, 0) is 4.79 Å². The molecule has 1 N–H and O–H groups in total. The summed E-state index contributed by atoms with van der Waals surface area (Å²) in [6, 6.07) is 7.25. The fourth-order valence-corrected chi connectivity index (χ4v) is 1.56. The number of amides is 1. The number of likely N-dealkylation sites (N-methyl/N-ethyl adjacent to an activating group) is 2. The van der Waals surface area contributed by atoms with Gasteiger partial charge in [-0.1, -0.05) is 11.6 Å². The van der Waals surface area contributed by atoms with E-state index in [1.54, 1.807) is 31.1 Å². The van der Waals surface area contributed by atoms with Gasteiger partial charge in [-0.15, -0.1) is 0 Å². The molecule has 0 bridgehead atoms. The van der Waals surface area contributed by atoms with Gasteiger partial charge in [-0.05, 0) is 37.7 Å². The molecule has 1 rings (SSSR count). The lowest BCUT2D eigenvalue weighted by molar-refractivity contribution is -0.128. The Labute approximate surface area is 113 Å². The molecule has 0 spiro atoms. The van der Waals surface area contributed by atoms with Crippen molar-refractivity contribution >= 4 is 17.5 Å². The maximum absolute atomic E-state index is 11.5. The Morgan fingerprint density at radius 1 is 1.39 bits per heavy atom. The molecular weight excluding hydrogens is 252 g/mol. The molecule has 0 heterocycles. The minimum absolute atomic E-state index is 0.0870. The minimum atomic E-state index is 0.0870. The molecule has 0 radical (unpaired) electrons. The van der Waals surface area contributed by atoms with Crippen molar-refractivity contribution in [3.05, 3.63) is 29.3 Å². The summed E-state index contributed by atoms with van der Waals surface area (Å²) in [6.07, 6.45) is 0.800. The topological polar surface area (TPSA) is 41.6 Å². The molecule has 0 aromatic heterocycles. The number of benzene rings is 1. The van der Waals surface area contributed by atoms with E-state index in [1.807, 2.05) is 12.1 Å². The number of halogens is 1. The number of nitrogens with one attached hydrogen (secondary N) is 1. The van der Waals surface area contributed by atoms with Crippen LogP contribution in [0.15, 0.2) is 24.3 Å². The number of ether oxygens (including phenoxy) is 1. The number of carbonyl (C=O) groups excluding carboxylic acids is 1. The van der Waals surface area contributed by atoms with Gasteiger partial charge < -0.3 is 15.0 Å². The summed E-state index contributed by atoms with van der Waals surface area (Å²) in [4.78, 5) is 13.1. The second-order valence-corrected chi connectivity index (χ2v) is 4.44. The van der Waals surface area contributed by atoms with Crippen LogP contribution >= 0.6 is 11.6 Å². The smallest absolute Gasteiger partial charge is 0.236 e. The average molecular weight is 271 g/mol. The number of hydrogen-bond acceptors (Lipinski definition) is 3. The van der Waals surface area contributed by atoms with Gasteiger partial charge in [0.15, 0.2) is 0 Å². The SMILES string of the molecule is CNCC(=O)N(C)CCCOc1ccc(Cl)cc1. The first-order chi connectivity index (χ1) is 8.63. The molecule has 0 aliphatic heterocycles. The third-order valence-electron chi connectivity index (χ3n) is 2.47. The monoisotopic (exact) mass is 270 g/mol. The first kappa shape index (κ1) is 14.8. The zero-order valence-electron chi connectivity index (χ0n) is 10.8. The summed E-state index contributed by atoms with van der Waals surface area (Å²) in [5.41, 5.74) is 0. The van der Waals surface area contributed by atoms with Crippen LogP contribution in [0.25, 0.3) is 0 Å². The van der Waals surface area contributed by atoms with Crippen molar-refractivity contribution in [1.29, 1.82) is 0 Å². The number of carbonyl (C=O) groups is 1. The Bertz CT molecular complexity index is 368. The van der Waals surface area contributed by atoms with Crippen LogP contribution in [0.3, 0.4) is 0 Å². The maximum atomic E-state index is 11.5. The van der Waals surface area contributed by atoms with Gasteiger partial charge in [0.05, 0.1) is 13.2 Å². The highest BCUT2D eigenvalue weighted by Crippen LogP contribution is 2.15. The summed E-state index contributed by atoms with van der Waals surface area (Å²) in [5.74, 6) is 0.882. The summed E-state index contributed by atoms with van der Waals surface area (Å²) in [6.45, 7) is 1.64. The first-order valence-corrected chi connectivity index (χ1v) is 6.28. The van der Waals surface area contributed by atoms with Gasteiger partial charge >= 0.3 is 0 Å². The van der Waals surface area contributed by atoms with E-state index in [4.69, 9.17) is 16.3 Å².